The Morgan fingerprint density at radius 3 is 2.10 bits per heavy atom. The van der Waals surface area contributed by atoms with Crippen LogP contribution in [-0.4, -0.2) is 39.5 Å². The van der Waals surface area contributed by atoms with E-state index in [9.17, 15) is 19.5 Å². The Morgan fingerprint density at radius 2 is 1.50 bits per heavy atom. The second kappa shape index (κ2) is 10.6. The minimum Gasteiger partial charge on any atom is -0.481 e. The summed E-state index contributed by atoms with van der Waals surface area (Å²) in [6.07, 6.45) is -0.679. The number of fused-ring (bicyclic) bond motifs is 4. The van der Waals surface area contributed by atoms with Crippen LogP contribution in [0.2, 0.25) is 0 Å². The van der Waals surface area contributed by atoms with Crippen LogP contribution in [-0.2, 0) is 36.8 Å². The van der Waals surface area contributed by atoms with Gasteiger partial charge < -0.3 is 19.1 Å². The van der Waals surface area contributed by atoms with Gasteiger partial charge in [0.15, 0.2) is 5.92 Å². The third-order valence-electron chi connectivity index (χ3n) is 6.97. The Morgan fingerprint density at radius 1 is 0.925 bits per heavy atom. The van der Waals surface area contributed by atoms with Gasteiger partial charge in [0.05, 0.1) is 5.92 Å². The van der Waals surface area contributed by atoms with Crippen LogP contribution >= 0.6 is 0 Å². The van der Waals surface area contributed by atoms with Crippen LogP contribution in [0.1, 0.15) is 43.4 Å². The Hall–Kier alpha value is -4.46. The molecule has 3 aromatic carbocycles. The predicted molar refractivity (Wildman–Crippen MR) is 147 cm³/mol. The molecule has 0 saturated heterocycles. The number of rotatable bonds is 8. The number of hydrogen-bond acceptors (Lipinski definition) is 5. The molecule has 5 rings (SSSR count). The molecule has 2 unspecified atom stereocenters. The standard InChI is InChI=1S/C32H30FNO6/c1-32(2,3)40-27(35)18-34-17-19(20-10-8-9-15-26(20)34)16-25(30(36)37)31(38)39-29(33)28-23-13-6-4-11-21(23)22-12-5-7-14-24(22)28/h4-15,17,25,28-29H,16,18H2,1-3H3,(H,36,37). The maximum Gasteiger partial charge on any atom is 0.326 e. The molecule has 2 atom stereocenters. The maximum atomic E-state index is 15.7. The first kappa shape index (κ1) is 27.1. The van der Waals surface area contributed by atoms with Gasteiger partial charge in [-0.25, -0.2) is 4.39 Å². The van der Waals surface area contributed by atoms with E-state index in [1.807, 2.05) is 24.3 Å². The van der Waals surface area contributed by atoms with Crippen molar-refractivity contribution in [3.8, 4) is 11.1 Å². The molecule has 0 spiro atoms. The van der Waals surface area contributed by atoms with Crippen molar-refractivity contribution >= 4 is 28.8 Å². The number of carboxylic acid groups (broad SMARTS) is 1. The fourth-order valence-electron chi connectivity index (χ4n) is 5.36. The number of aromatic nitrogens is 1. The lowest BCUT2D eigenvalue weighted by Crippen LogP contribution is -2.32. The number of benzene rings is 3. The van der Waals surface area contributed by atoms with Crippen LogP contribution < -0.4 is 0 Å². The van der Waals surface area contributed by atoms with Crippen LogP contribution in [0.5, 0.6) is 0 Å². The van der Waals surface area contributed by atoms with E-state index in [2.05, 4.69) is 0 Å². The van der Waals surface area contributed by atoms with Crippen LogP contribution in [0.25, 0.3) is 22.0 Å². The first-order valence-corrected chi connectivity index (χ1v) is 13.1. The van der Waals surface area contributed by atoms with E-state index in [-0.39, 0.29) is 13.0 Å². The number of carboxylic acids is 1. The van der Waals surface area contributed by atoms with E-state index in [4.69, 9.17) is 9.47 Å². The molecular weight excluding hydrogens is 513 g/mol. The zero-order chi connectivity index (χ0) is 28.6. The number of carbonyl (C=O) groups is 3. The van der Waals surface area contributed by atoms with Gasteiger partial charge in [-0.3, -0.25) is 14.4 Å². The molecule has 0 bridgehead atoms. The van der Waals surface area contributed by atoms with E-state index >= 15 is 4.39 Å². The molecule has 0 fully saturated rings. The lowest BCUT2D eigenvalue weighted by atomic mass is 9.96. The number of carbonyl (C=O) groups excluding carboxylic acids is 2. The average molecular weight is 544 g/mol. The van der Waals surface area contributed by atoms with Crippen molar-refractivity contribution in [1.29, 1.82) is 0 Å². The lowest BCUT2D eigenvalue weighted by molar-refractivity contribution is -0.170. The first-order chi connectivity index (χ1) is 19.0. The van der Waals surface area contributed by atoms with Crippen molar-refractivity contribution < 1.29 is 33.4 Å². The Balaban J connectivity index is 1.38. The third kappa shape index (κ3) is 5.34. The van der Waals surface area contributed by atoms with Crippen molar-refractivity contribution in [2.24, 2.45) is 5.92 Å². The second-order valence-corrected chi connectivity index (χ2v) is 10.9. The average Bonchev–Trinajstić information content (AvgIpc) is 3.41. The molecule has 0 radical (unpaired) electrons. The fourth-order valence-corrected chi connectivity index (χ4v) is 5.36. The predicted octanol–water partition coefficient (Wildman–Crippen LogP) is 5.88. The van der Waals surface area contributed by atoms with E-state index < -0.39 is 41.7 Å². The molecule has 206 valence electrons. The summed E-state index contributed by atoms with van der Waals surface area (Å²) in [5.74, 6) is -5.54. The summed E-state index contributed by atoms with van der Waals surface area (Å²) in [4.78, 5) is 37.8. The van der Waals surface area contributed by atoms with Crippen LogP contribution in [0, 0.1) is 5.92 Å². The van der Waals surface area contributed by atoms with Gasteiger partial charge in [0.25, 0.3) is 6.36 Å². The molecule has 1 aliphatic carbocycles. The van der Waals surface area contributed by atoms with Crippen molar-refractivity contribution in [3.05, 3.63) is 95.7 Å². The van der Waals surface area contributed by atoms with Crippen molar-refractivity contribution in [2.75, 3.05) is 0 Å². The van der Waals surface area contributed by atoms with Crippen LogP contribution in [0.4, 0.5) is 4.39 Å². The number of aliphatic carboxylic acids is 1. The van der Waals surface area contributed by atoms with E-state index in [0.29, 0.717) is 27.6 Å². The van der Waals surface area contributed by atoms with Crippen molar-refractivity contribution in [2.45, 2.75) is 51.6 Å². The molecule has 0 saturated carbocycles. The van der Waals surface area contributed by atoms with Gasteiger partial charge in [0, 0.05) is 17.1 Å². The van der Waals surface area contributed by atoms with Gasteiger partial charge in [0.2, 0.25) is 0 Å². The Kier molecular flexibility index (Phi) is 7.19. The number of alkyl halides is 1. The summed E-state index contributed by atoms with van der Waals surface area (Å²) in [5, 5.41) is 10.6. The van der Waals surface area contributed by atoms with Gasteiger partial charge in [0.1, 0.15) is 12.1 Å². The molecule has 1 N–H and O–H groups in total. The molecule has 8 heteroatoms. The lowest BCUT2D eigenvalue weighted by Gasteiger charge is -2.21. The van der Waals surface area contributed by atoms with Crippen molar-refractivity contribution in [1.82, 2.24) is 4.57 Å². The SMILES string of the molecule is CC(C)(C)OC(=O)Cn1cc(CC(C(=O)O)C(=O)OC(F)C2c3ccccc3-c3ccccc32)c2ccccc21. The van der Waals surface area contributed by atoms with E-state index in [0.717, 1.165) is 11.1 Å². The minimum absolute atomic E-state index is 0.0903. The molecule has 1 heterocycles. The Labute approximate surface area is 231 Å². The molecule has 0 amide bonds. The smallest absolute Gasteiger partial charge is 0.326 e. The third-order valence-corrected chi connectivity index (χ3v) is 6.97. The summed E-state index contributed by atoms with van der Waals surface area (Å²) in [6, 6.07) is 21.8. The zero-order valence-electron chi connectivity index (χ0n) is 22.5. The molecule has 4 aromatic rings. The summed E-state index contributed by atoms with van der Waals surface area (Å²) in [7, 11) is 0. The molecule has 1 aromatic heterocycles. The zero-order valence-corrected chi connectivity index (χ0v) is 22.5. The van der Waals surface area contributed by atoms with Gasteiger partial charge in [-0.1, -0.05) is 66.7 Å². The van der Waals surface area contributed by atoms with Crippen LogP contribution in [0.15, 0.2) is 79.0 Å². The number of ether oxygens (including phenoxy) is 2. The topological polar surface area (TPSA) is 94.8 Å². The fraction of sp³-hybridized carbons (Fsp3) is 0.281. The van der Waals surface area contributed by atoms with Gasteiger partial charge in [-0.2, -0.15) is 0 Å². The highest BCUT2D eigenvalue weighted by molar-refractivity contribution is 5.95. The van der Waals surface area contributed by atoms with E-state index in [1.165, 1.54) is 0 Å². The summed E-state index contributed by atoms with van der Waals surface area (Å²) in [6.45, 7) is 5.23. The highest BCUT2D eigenvalue weighted by atomic mass is 19.1. The summed E-state index contributed by atoms with van der Waals surface area (Å²) in [5.41, 5.74) is 3.62. The number of halogens is 1. The Bertz CT molecular complexity index is 1560. The van der Waals surface area contributed by atoms with Gasteiger partial charge in [-0.05, 0) is 61.1 Å². The highest BCUT2D eigenvalue weighted by Crippen LogP contribution is 2.47. The van der Waals surface area contributed by atoms with E-state index in [1.54, 1.807) is 80.1 Å². The minimum atomic E-state index is -2.08. The summed E-state index contributed by atoms with van der Waals surface area (Å²) >= 11 is 0. The molecule has 1 aliphatic rings. The second-order valence-electron chi connectivity index (χ2n) is 10.9. The van der Waals surface area contributed by atoms with Crippen LogP contribution in [0.3, 0.4) is 0 Å². The number of nitrogens with zero attached hydrogens (tertiary/aromatic N) is 1. The maximum absolute atomic E-state index is 15.7. The van der Waals surface area contributed by atoms with Crippen molar-refractivity contribution in [3.63, 3.8) is 0 Å². The number of hydrogen-bond donors (Lipinski definition) is 1. The molecule has 0 aliphatic heterocycles. The first-order valence-electron chi connectivity index (χ1n) is 13.1. The summed E-state index contributed by atoms with van der Waals surface area (Å²) < 4.78 is 28.0. The monoisotopic (exact) mass is 543 g/mol. The normalized spacial score (nSPS) is 14.3. The molecular formula is C32H30FNO6. The number of para-hydroxylation sites is 1. The molecule has 40 heavy (non-hydrogen) atoms. The molecule has 7 nitrogen and oxygen atoms in total. The number of esters is 2. The quantitative estimate of drug-likeness (QED) is 0.220. The van der Waals surface area contributed by atoms with Gasteiger partial charge in [-0.15, -0.1) is 0 Å². The van der Waals surface area contributed by atoms with Gasteiger partial charge >= 0.3 is 17.9 Å². The highest BCUT2D eigenvalue weighted by Gasteiger charge is 2.39. The largest absolute Gasteiger partial charge is 0.481 e.